The highest BCUT2D eigenvalue weighted by Gasteiger charge is 2.18. The van der Waals surface area contributed by atoms with Crippen molar-refractivity contribution >= 4 is 43.9 Å². The van der Waals surface area contributed by atoms with Crippen LogP contribution in [0.5, 0.6) is 0 Å². The van der Waals surface area contributed by atoms with Crippen molar-refractivity contribution in [3.63, 3.8) is 0 Å². The number of fused-ring (bicyclic) bond motifs is 1. The Morgan fingerprint density at radius 1 is 1.20 bits per heavy atom. The third kappa shape index (κ3) is 2.94. The molecule has 25 heavy (non-hydrogen) atoms. The predicted octanol–water partition coefficient (Wildman–Crippen LogP) is 4.55. The van der Waals surface area contributed by atoms with E-state index in [1.54, 1.807) is 23.0 Å². The van der Waals surface area contributed by atoms with Crippen LogP contribution in [0.4, 0.5) is 9.52 Å². The monoisotopic (exact) mass is 372 g/mol. The van der Waals surface area contributed by atoms with E-state index in [0.717, 1.165) is 26.5 Å². The van der Waals surface area contributed by atoms with E-state index in [1.165, 1.54) is 34.8 Å². The first-order valence-corrected chi connectivity index (χ1v) is 9.13. The number of amides is 1. The highest BCUT2D eigenvalue weighted by molar-refractivity contribution is 7.20. The number of thiophene rings is 1. The average molecular weight is 372 g/mol. The zero-order valence-electron chi connectivity index (χ0n) is 13.4. The van der Waals surface area contributed by atoms with E-state index in [0.29, 0.717) is 10.0 Å². The molecule has 5 nitrogen and oxygen atoms in total. The van der Waals surface area contributed by atoms with Gasteiger partial charge in [0.2, 0.25) is 0 Å². The highest BCUT2D eigenvalue weighted by atomic mass is 32.1. The van der Waals surface area contributed by atoms with Gasteiger partial charge >= 0.3 is 0 Å². The molecule has 0 aliphatic carbocycles. The lowest BCUT2D eigenvalue weighted by Crippen LogP contribution is -2.09. The van der Waals surface area contributed by atoms with Crippen LogP contribution in [0.15, 0.2) is 36.5 Å². The lowest BCUT2D eigenvalue weighted by molar-refractivity contribution is 0.103. The fourth-order valence-electron chi connectivity index (χ4n) is 2.49. The first-order chi connectivity index (χ1) is 12.0. The minimum atomic E-state index is -0.297. The molecule has 0 atom stereocenters. The van der Waals surface area contributed by atoms with Crippen LogP contribution in [-0.4, -0.2) is 20.7 Å². The van der Waals surface area contributed by atoms with Gasteiger partial charge in [0.1, 0.15) is 10.6 Å². The SMILES string of the molecule is Cc1cnc(NC(=O)c2cc3c(C)nn(-c4ccc(F)cc4)c3s2)s1. The summed E-state index contributed by atoms with van der Waals surface area (Å²) in [5, 5.41) is 8.81. The van der Waals surface area contributed by atoms with Crippen molar-refractivity contribution in [3.05, 3.63) is 57.8 Å². The van der Waals surface area contributed by atoms with Gasteiger partial charge in [0.05, 0.1) is 16.3 Å². The molecular formula is C17H13FN4OS2. The molecule has 1 aromatic carbocycles. The van der Waals surface area contributed by atoms with E-state index in [2.05, 4.69) is 15.4 Å². The number of hydrogen-bond donors (Lipinski definition) is 1. The Hall–Kier alpha value is -2.58. The molecule has 0 spiro atoms. The van der Waals surface area contributed by atoms with E-state index >= 15 is 0 Å². The number of aryl methyl sites for hydroxylation is 2. The molecule has 4 rings (SSSR count). The van der Waals surface area contributed by atoms with E-state index in [9.17, 15) is 9.18 Å². The maximum absolute atomic E-state index is 13.2. The predicted molar refractivity (Wildman–Crippen MR) is 98.4 cm³/mol. The van der Waals surface area contributed by atoms with Gasteiger partial charge in [-0.15, -0.1) is 22.7 Å². The van der Waals surface area contributed by atoms with Crippen LogP contribution in [-0.2, 0) is 0 Å². The summed E-state index contributed by atoms with van der Waals surface area (Å²) < 4.78 is 14.9. The largest absolute Gasteiger partial charge is 0.297 e. The van der Waals surface area contributed by atoms with Crippen LogP contribution < -0.4 is 5.32 Å². The van der Waals surface area contributed by atoms with Crippen molar-refractivity contribution in [2.45, 2.75) is 13.8 Å². The van der Waals surface area contributed by atoms with Gasteiger partial charge in [-0.3, -0.25) is 10.1 Å². The Bertz CT molecular complexity index is 1080. The number of anilines is 1. The Balaban J connectivity index is 1.71. The maximum Gasteiger partial charge on any atom is 0.267 e. The van der Waals surface area contributed by atoms with Crippen LogP contribution in [0, 0.1) is 19.7 Å². The number of hydrogen-bond acceptors (Lipinski definition) is 5. The van der Waals surface area contributed by atoms with E-state index in [-0.39, 0.29) is 11.7 Å². The van der Waals surface area contributed by atoms with Gasteiger partial charge in [0, 0.05) is 16.5 Å². The number of rotatable bonds is 3. The number of nitrogens with zero attached hydrogens (tertiary/aromatic N) is 3. The number of aromatic nitrogens is 3. The summed E-state index contributed by atoms with van der Waals surface area (Å²) in [5.41, 5.74) is 1.57. The normalized spacial score (nSPS) is 11.2. The van der Waals surface area contributed by atoms with Gasteiger partial charge in [-0.2, -0.15) is 5.10 Å². The summed E-state index contributed by atoms with van der Waals surface area (Å²) in [7, 11) is 0. The molecule has 0 saturated heterocycles. The van der Waals surface area contributed by atoms with Crippen molar-refractivity contribution < 1.29 is 9.18 Å². The minimum Gasteiger partial charge on any atom is -0.297 e. The van der Waals surface area contributed by atoms with Gasteiger partial charge in [0.15, 0.2) is 5.13 Å². The number of nitrogens with one attached hydrogen (secondary N) is 1. The third-order valence-corrected chi connectivity index (χ3v) is 5.62. The Morgan fingerprint density at radius 3 is 2.64 bits per heavy atom. The molecule has 0 unspecified atom stereocenters. The van der Waals surface area contributed by atoms with Crippen molar-refractivity contribution in [1.29, 1.82) is 0 Å². The van der Waals surface area contributed by atoms with Gasteiger partial charge in [0.25, 0.3) is 5.91 Å². The molecule has 0 radical (unpaired) electrons. The lowest BCUT2D eigenvalue weighted by atomic mass is 10.3. The van der Waals surface area contributed by atoms with Gasteiger partial charge in [-0.25, -0.2) is 14.1 Å². The second kappa shape index (κ2) is 6.05. The maximum atomic E-state index is 13.2. The van der Waals surface area contributed by atoms with Crippen molar-refractivity contribution in [2.75, 3.05) is 5.32 Å². The fraction of sp³-hybridized carbons (Fsp3) is 0.118. The number of benzene rings is 1. The van der Waals surface area contributed by atoms with E-state index in [1.807, 2.05) is 19.9 Å². The number of carbonyl (C=O) groups excluding carboxylic acids is 1. The molecule has 3 heterocycles. The van der Waals surface area contributed by atoms with E-state index < -0.39 is 0 Å². The van der Waals surface area contributed by atoms with Gasteiger partial charge in [-0.05, 0) is 44.2 Å². The summed E-state index contributed by atoms with van der Waals surface area (Å²) in [6.07, 6.45) is 1.72. The van der Waals surface area contributed by atoms with Crippen LogP contribution in [0.2, 0.25) is 0 Å². The van der Waals surface area contributed by atoms with Crippen LogP contribution in [0.3, 0.4) is 0 Å². The molecule has 1 amide bonds. The quantitative estimate of drug-likeness (QED) is 0.574. The average Bonchev–Trinajstić information content (AvgIpc) is 3.26. The highest BCUT2D eigenvalue weighted by Crippen LogP contribution is 2.31. The van der Waals surface area contributed by atoms with Crippen molar-refractivity contribution in [2.24, 2.45) is 0 Å². The number of halogens is 1. The first-order valence-electron chi connectivity index (χ1n) is 7.50. The third-order valence-electron chi connectivity index (χ3n) is 3.68. The summed E-state index contributed by atoms with van der Waals surface area (Å²) in [6.45, 7) is 3.83. The smallest absolute Gasteiger partial charge is 0.267 e. The topological polar surface area (TPSA) is 59.8 Å². The summed E-state index contributed by atoms with van der Waals surface area (Å²) >= 11 is 2.78. The zero-order valence-corrected chi connectivity index (χ0v) is 15.0. The molecule has 0 aliphatic heterocycles. The molecule has 0 bridgehead atoms. The summed E-state index contributed by atoms with van der Waals surface area (Å²) in [5.74, 6) is -0.491. The van der Waals surface area contributed by atoms with Gasteiger partial charge in [-0.1, -0.05) is 0 Å². The molecular weight excluding hydrogens is 359 g/mol. The van der Waals surface area contributed by atoms with Crippen LogP contribution in [0.25, 0.3) is 15.9 Å². The minimum absolute atomic E-state index is 0.194. The molecule has 0 fully saturated rings. The Morgan fingerprint density at radius 2 is 1.96 bits per heavy atom. The first kappa shape index (κ1) is 15.9. The van der Waals surface area contributed by atoms with Crippen molar-refractivity contribution in [1.82, 2.24) is 14.8 Å². The summed E-state index contributed by atoms with van der Waals surface area (Å²) in [4.78, 5) is 19.1. The Kier molecular flexibility index (Phi) is 3.85. The molecule has 4 aromatic rings. The second-order valence-corrected chi connectivity index (χ2v) is 7.80. The second-order valence-electron chi connectivity index (χ2n) is 5.53. The zero-order chi connectivity index (χ0) is 17.6. The van der Waals surface area contributed by atoms with Crippen LogP contribution >= 0.6 is 22.7 Å². The molecule has 1 N–H and O–H groups in total. The molecule has 8 heteroatoms. The van der Waals surface area contributed by atoms with Gasteiger partial charge < -0.3 is 0 Å². The molecule has 3 aromatic heterocycles. The summed E-state index contributed by atoms with van der Waals surface area (Å²) in [6, 6.07) is 7.95. The fourth-order valence-corrected chi connectivity index (χ4v) is 4.23. The van der Waals surface area contributed by atoms with E-state index in [4.69, 9.17) is 0 Å². The van der Waals surface area contributed by atoms with Crippen LogP contribution in [0.1, 0.15) is 20.2 Å². The Labute approximate surface area is 150 Å². The molecule has 0 aliphatic rings. The number of thiazole rings is 1. The number of carbonyl (C=O) groups is 1. The molecule has 126 valence electrons. The lowest BCUT2D eigenvalue weighted by Gasteiger charge is -2.02. The standard InChI is InChI=1S/C17H13FN4OS2/c1-9-8-19-17(24-9)20-15(23)14-7-13-10(2)21-22(16(13)25-14)12-5-3-11(18)4-6-12/h3-8H,1-2H3,(H,19,20,23). The molecule has 0 saturated carbocycles. The van der Waals surface area contributed by atoms with Crippen molar-refractivity contribution in [3.8, 4) is 5.69 Å².